The predicted octanol–water partition coefficient (Wildman–Crippen LogP) is 2.77. The Kier molecular flexibility index (Phi) is 4.33. The molecule has 0 amide bonds. The first-order valence-corrected chi connectivity index (χ1v) is 6.77. The standard InChI is InChI=1S/C14H18N2OS/c1-10-13(9-15-2)18-14(16-10)8-11-5-4-6-12(7-11)17-3/h4-7,15H,8-9H2,1-3H3. The highest BCUT2D eigenvalue weighted by Crippen LogP contribution is 2.22. The zero-order chi connectivity index (χ0) is 13.0. The lowest BCUT2D eigenvalue weighted by Gasteiger charge is -2.02. The maximum Gasteiger partial charge on any atom is 0.119 e. The molecule has 0 fully saturated rings. The normalized spacial score (nSPS) is 10.6. The third-order valence-corrected chi connectivity index (χ3v) is 3.92. The molecular formula is C14H18N2OS. The number of aromatic nitrogens is 1. The summed E-state index contributed by atoms with van der Waals surface area (Å²) in [5, 5.41) is 4.33. The fourth-order valence-corrected chi connectivity index (χ4v) is 2.96. The second-order valence-electron chi connectivity index (χ2n) is 4.17. The minimum atomic E-state index is 0.867. The van der Waals surface area contributed by atoms with E-state index in [1.54, 1.807) is 18.4 Å². The number of hydrogen-bond acceptors (Lipinski definition) is 4. The lowest BCUT2D eigenvalue weighted by molar-refractivity contribution is 0.414. The Labute approximate surface area is 112 Å². The number of nitrogens with one attached hydrogen (secondary N) is 1. The molecule has 0 aliphatic heterocycles. The lowest BCUT2D eigenvalue weighted by atomic mass is 10.1. The molecule has 0 saturated carbocycles. The van der Waals surface area contributed by atoms with Crippen molar-refractivity contribution < 1.29 is 4.74 Å². The molecule has 18 heavy (non-hydrogen) atoms. The first-order valence-electron chi connectivity index (χ1n) is 5.95. The van der Waals surface area contributed by atoms with Crippen LogP contribution in [0.15, 0.2) is 24.3 Å². The summed E-state index contributed by atoms with van der Waals surface area (Å²) in [7, 11) is 3.65. The molecule has 1 aromatic carbocycles. The minimum absolute atomic E-state index is 0.867. The Hall–Kier alpha value is -1.39. The summed E-state index contributed by atoms with van der Waals surface area (Å²) in [4.78, 5) is 5.93. The van der Waals surface area contributed by atoms with E-state index in [-0.39, 0.29) is 0 Å². The summed E-state index contributed by atoms with van der Waals surface area (Å²) in [6.07, 6.45) is 0.867. The van der Waals surface area contributed by atoms with Crippen molar-refractivity contribution in [2.45, 2.75) is 19.9 Å². The van der Waals surface area contributed by atoms with Crippen molar-refractivity contribution in [2.24, 2.45) is 0 Å². The molecule has 1 heterocycles. The van der Waals surface area contributed by atoms with Crippen LogP contribution in [-0.2, 0) is 13.0 Å². The molecular weight excluding hydrogens is 244 g/mol. The van der Waals surface area contributed by atoms with E-state index in [1.807, 2.05) is 19.2 Å². The molecule has 0 spiro atoms. The van der Waals surface area contributed by atoms with Gasteiger partial charge in [0, 0.05) is 17.8 Å². The van der Waals surface area contributed by atoms with Gasteiger partial charge in [0.2, 0.25) is 0 Å². The van der Waals surface area contributed by atoms with Gasteiger partial charge in [-0.3, -0.25) is 0 Å². The Bertz CT molecular complexity index is 522. The largest absolute Gasteiger partial charge is 0.497 e. The molecule has 0 aliphatic rings. The van der Waals surface area contributed by atoms with Gasteiger partial charge in [0.1, 0.15) is 5.75 Å². The number of aryl methyl sites for hydroxylation is 1. The number of ether oxygens (including phenoxy) is 1. The van der Waals surface area contributed by atoms with Gasteiger partial charge in [-0.15, -0.1) is 11.3 Å². The number of methoxy groups -OCH3 is 1. The molecule has 1 N–H and O–H groups in total. The molecule has 4 heteroatoms. The van der Waals surface area contributed by atoms with E-state index in [2.05, 4.69) is 29.4 Å². The second kappa shape index (κ2) is 5.98. The molecule has 96 valence electrons. The highest BCUT2D eigenvalue weighted by molar-refractivity contribution is 7.11. The molecule has 0 bridgehead atoms. The highest BCUT2D eigenvalue weighted by atomic mass is 32.1. The summed E-state index contributed by atoms with van der Waals surface area (Å²) in [5.41, 5.74) is 2.37. The van der Waals surface area contributed by atoms with Crippen LogP contribution in [0.2, 0.25) is 0 Å². The number of thiazole rings is 1. The summed E-state index contributed by atoms with van der Waals surface area (Å²) < 4.78 is 5.23. The Morgan fingerprint density at radius 3 is 2.94 bits per heavy atom. The Balaban J connectivity index is 2.15. The van der Waals surface area contributed by atoms with Crippen molar-refractivity contribution in [2.75, 3.05) is 14.2 Å². The molecule has 0 aliphatic carbocycles. The van der Waals surface area contributed by atoms with Gasteiger partial charge in [0.05, 0.1) is 17.8 Å². The van der Waals surface area contributed by atoms with Crippen LogP contribution in [0.3, 0.4) is 0 Å². The van der Waals surface area contributed by atoms with Gasteiger partial charge in [0.15, 0.2) is 0 Å². The van der Waals surface area contributed by atoms with Crippen LogP contribution in [0, 0.1) is 6.92 Å². The third kappa shape index (κ3) is 3.09. The van der Waals surface area contributed by atoms with Gasteiger partial charge in [-0.2, -0.15) is 0 Å². The zero-order valence-corrected chi connectivity index (χ0v) is 11.8. The maximum atomic E-state index is 5.23. The summed E-state index contributed by atoms with van der Waals surface area (Å²) >= 11 is 1.78. The predicted molar refractivity (Wildman–Crippen MR) is 75.4 cm³/mol. The SMILES string of the molecule is CNCc1sc(Cc2cccc(OC)c2)nc1C. The van der Waals surface area contributed by atoms with E-state index in [1.165, 1.54) is 10.4 Å². The van der Waals surface area contributed by atoms with Crippen LogP contribution in [0.25, 0.3) is 0 Å². The van der Waals surface area contributed by atoms with Gasteiger partial charge in [0.25, 0.3) is 0 Å². The molecule has 2 rings (SSSR count). The minimum Gasteiger partial charge on any atom is -0.497 e. The van der Waals surface area contributed by atoms with Crippen LogP contribution in [0.5, 0.6) is 5.75 Å². The van der Waals surface area contributed by atoms with E-state index in [0.29, 0.717) is 0 Å². The fraction of sp³-hybridized carbons (Fsp3) is 0.357. The monoisotopic (exact) mass is 262 g/mol. The van der Waals surface area contributed by atoms with Crippen LogP contribution in [0.1, 0.15) is 21.1 Å². The van der Waals surface area contributed by atoms with Crippen LogP contribution in [0.4, 0.5) is 0 Å². The van der Waals surface area contributed by atoms with E-state index in [4.69, 9.17) is 4.74 Å². The summed E-state index contributed by atoms with van der Waals surface area (Å²) in [6, 6.07) is 8.15. The van der Waals surface area contributed by atoms with Crippen LogP contribution < -0.4 is 10.1 Å². The molecule has 0 saturated heterocycles. The average molecular weight is 262 g/mol. The Morgan fingerprint density at radius 2 is 2.22 bits per heavy atom. The quantitative estimate of drug-likeness (QED) is 0.899. The first-order chi connectivity index (χ1) is 8.72. The number of hydrogen-bond donors (Lipinski definition) is 1. The van der Waals surface area contributed by atoms with Gasteiger partial charge < -0.3 is 10.1 Å². The van der Waals surface area contributed by atoms with E-state index in [0.717, 1.165) is 29.4 Å². The zero-order valence-electron chi connectivity index (χ0n) is 11.0. The molecule has 0 unspecified atom stereocenters. The molecule has 1 aromatic heterocycles. The van der Waals surface area contributed by atoms with E-state index in [9.17, 15) is 0 Å². The fourth-order valence-electron chi connectivity index (χ4n) is 1.85. The van der Waals surface area contributed by atoms with E-state index >= 15 is 0 Å². The van der Waals surface area contributed by atoms with Gasteiger partial charge in [-0.1, -0.05) is 12.1 Å². The van der Waals surface area contributed by atoms with Crippen molar-refractivity contribution in [3.05, 3.63) is 45.4 Å². The van der Waals surface area contributed by atoms with Crippen molar-refractivity contribution >= 4 is 11.3 Å². The maximum absolute atomic E-state index is 5.23. The van der Waals surface area contributed by atoms with Crippen molar-refractivity contribution in [1.29, 1.82) is 0 Å². The van der Waals surface area contributed by atoms with Crippen LogP contribution in [-0.4, -0.2) is 19.1 Å². The van der Waals surface area contributed by atoms with Crippen molar-refractivity contribution in [1.82, 2.24) is 10.3 Å². The molecule has 2 aromatic rings. The lowest BCUT2D eigenvalue weighted by Crippen LogP contribution is -2.04. The van der Waals surface area contributed by atoms with E-state index < -0.39 is 0 Å². The number of rotatable bonds is 5. The number of benzene rings is 1. The average Bonchev–Trinajstić information content (AvgIpc) is 2.70. The molecule has 0 radical (unpaired) electrons. The third-order valence-electron chi connectivity index (χ3n) is 2.76. The summed E-state index contributed by atoms with van der Waals surface area (Å²) in [5.74, 6) is 0.899. The number of nitrogens with zero attached hydrogens (tertiary/aromatic N) is 1. The highest BCUT2D eigenvalue weighted by Gasteiger charge is 2.07. The van der Waals surface area contributed by atoms with Gasteiger partial charge in [-0.05, 0) is 31.7 Å². The smallest absolute Gasteiger partial charge is 0.119 e. The Morgan fingerprint density at radius 1 is 1.39 bits per heavy atom. The summed E-state index contributed by atoms with van der Waals surface area (Å²) in [6.45, 7) is 2.96. The first kappa shape index (κ1) is 13.1. The topological polar surface area (TPSA) is 34.1 Å². The van der Waals surface area contributed by atoms with Crippen molar-refractivity contribution in [3.63, 3.8) is 0 Å². The van der Waals surface area contributed by atoms with Gasteiger partial charge in [-0.25, -0.2) is 4.98 Å². The van der Waals surface area contributed by atoms with Gasteiger partial charge >= 0.3 is 0 Å². The molecule has 3 nitrogen and oxygen atoms in total. The molecule has 0 atom stereocenters. The second-order valence-corrected chi connectivity index (χ2v) is 5.34. The van der Waals surface area contributed by atoms with Crippen LogP contribution >= 0.6 is 11.3 Å². The van der Waals surface area contributed by atoms with Crippen molar-refractivity contribution in [3.8, 4) is 5.75 Å².